The van der Waals surface area contributed by atoms with Crippen LogP contribution in [0.5, 0.6) is 5.75 Å². The smallest absolute Gasteiger partial charge is 0.124 e. The highest BCUT2D eigenvalue weighted by Gasteiger charge is 2.05. The van der Waals surface area contributed by atoms with Crippen LogP contribution in [0, 0.1) is 0 Å². The number of nitrogens with one attached hydrogen (secondary N) is 1. The standard InChI is InChI=1S/C19H25NO/c1-14(2)16-9-11-18(12-10-16)20-13-17-7-5-6-8-19(17)21-15(3)4/h5-12,14-15,20H,13H2,1-4H3. The van der Waals surface area contributed by atoms with E-state index < -0.39 is 0 Å². The summed E-state index contributed by atoms with van der Waals surface area (Å²) in [5, 5.41) is 3.46. The minimum absolute atomic E-state index is 0.191. The van der Waals surface area contributed by atoms with Gasteiger partial charge in [-0.15, -0.1) is 0 Å². The third-order valence-electron chi connectivity index (χ3n) is 3.40. The third kappa shape index (κ3) is 4.52. The van der Waals surface area contributed by atoms with Gasteiger partial charge in [0.1, 0.15) is 5.75 Å². The second kappa shape index (κ2) is 7.16. The van der Waals surface area contributed by atoms with Crippen molar-refractivity contribution in [2.75, 3.05) is 5.32 Å². The number of benzene rings is 2. The average Bonchev–Trinajstić information content (AvgIpc) is 2.46. The second-order valence-electron chi connectivity index (χ2n) is 5.90. The maximum Gasteiger partial charge on any atom is 0.124 e. The molecule has 1 N–H and O–H groups in total. The maximum absolute atomic E-state index is 5.84. The van der Waals surface area contributed by atoms with Crippen LogP contribution in [0.3, 0.4) is 0 Å². The van der Waals surface area contributed by atoms with E-state index in [9.17, 15) is 0 Å². The zero-order valence-electron chi connectivity index (χ0n) is 13.4. The Kier molecular flexibility index (Phi) is 5.26. The monoisotopic (exact) mass is 283 g/mol. The normalized spacial score (nSPS) is 11.0. The van der Waals surface area contributed by atoms with E-state index in [0.29, 0.717) is 5.92 Å². The van der Waals surface area contributed by atoms with Crippen molar-refractivity contribution in [2.24, 2.45) is 0 Å². The number of hydrogen-bond donors (Lipinski definition) is 1. The first-order valence-corrected chi connectivity index (χ1v) is 7.64. The van der Waals surface area contributed by atoms with Crippen molar-refractivity contribution in [2.45, 2.75) is 46.3 Å². The largest absolute Gasteiger partial charge is 0.491 e. The lowest BCUT2D eigenvalue weighted by Gasteiger charge is -2.15. The Hall–Kier alpha value is -1.96. The summed E-state index contributed by atoms with van der Waals surface area (Å²) < 4.78 is 5.84. The number of hydrogen-bond acceptors (Lipinski definition) is 2. The van der Waals surface area contributed by atoms with Gasteiger partial charge in [0.25, 0.3) is 0 Å². The third-order valence-corrected chi connectivity index (χ3v) is 3.40. The van der Waals surface area contributed by atoms with Gasteiger partial charge in [0.05, 0.1) is 6.10 Å². The van der Waals surface area contributed by atoms with Crippen LogP contribution in [-0.4, -0.2) is 6.10 Å². The molecule has 0 spiro atoms. The molecule has 0 aliphatic rings. The van der Waals surface area contributed by atoms with E-state index in [2.05, 4.69) is 63.3 Å². The Morgan fingerprint density at radius 1 is 0.905 bits per heavy atom. The summed E-state index contributed by atoms with van der Waals surface area (Å²) in [7, 11) is 0. The number of rotatable bonds is 6. The van der Waals surface area contributed by atoms with Gasteiger partial charge >= 0.3 is 0 Å². The molecule has 0 saturated heterocycles. The van der Waals surface area contributed by atoms with Gasteiger partial charge < -0.3 is 10.1 Å². The molecule has 0 fully saturated rings. The zero-order valence-corrected chi connectivity index (χ0v) is 13.4. The molecule has 0 aliphatic heterocycles. The number of para-hydroxylation sites is 1. The summed E-state index contributed by atoms with van der Waals surface area (Å²) in [6.45, 7) is 9.29. The molecule has 0 aliphatic carbocycles. The molecular weight excluding hydrogens is 258 g/mol. The van der Waals surface area contributed by atoms with Crippen molar-refractivity contribution in [1.29, 1.82) is 0 Å². The summed E-state index contributed by atoms with van der Waals surface area (Å²) in [6, 6.07) is 16.8. The summed E-state index contributed by atoms with van der Waals surface area (Å²) in [5.74, 6) is 1.53. The average molecular weight is 283 g/mol. The highest BCUT2D eigenvalue weighted by atomic mass is 16.5. The summed E-state index contributed by atoms with van der Waals surface area (Å²) in [6.07, 6.45) is 0.191. The minimum Gasteiger partial charge on any atom is -0.491 e. The van der Waals surface area contributed by atoms with Crippen molar-refractivity contribution in [3.63, 3.8) is 0 Å². The van der Waals surface area contributed by atoms with Gasteiger partial charge in [0.2, 0.25) is 0 Å². The molecule has 0 atom stereocenters. The minimum atomic E-state index is 0.191. The van der Waals surface area contributed by atoms with Crippen molar-refractivity contribution in [1.82, 2.24) is 0 Å². The zero-order chi connectivity index (χ0) is 15.2. The summed E-state index contributed by atoms with van der Waals surface area (Å²) in [4.78, 5) is 0. The molecule has 0 unspecified atom stereocenters. The van der Waals surface area contributed by atoms with E-state index in [1.165, 1.54) is 11.1 Å². The highest BCUT2D eigenvalue weighted by Crippen LogP contribution is 2.22. The van der Waals surface area contributed by atoms with E-state index in [-0.39, 0.29) is 6.10 Å². The van der Waals surface area contributed by atoms with E-state index in [1.54, 1.807) is 0 Å². The van der Waals surface area contributed by atoms with Crippen LogP contribution in [0.2, 0.25) is 0 Å². The Bertz CT molecular complexity index is 558. The van der Waals surface area contributed by atoms with Gasteiger partial charge in [0, 0.05) is 17.8 Å². The Morgan fingerprint density at radius 3 is 2.19 bits per heavy atom. The molecule has 0 heterocycles. The molecule has 2 nitrogen and oxygen atoms in total. The predicted octanol–water partition coefficient (Wildman–Crippen LogP) is 5.21. The predicted molar refractivity (Wildman–Crippen MR) is 90.1 cm³/mol. The first-order chi connectivity index (χ1) is 10.1. The number of anilines is 1. The Morgan fingerprint density at radius 2 is 1.57 bits per heavy atom. The topological polar surface area (TPSA) is 21.3 Å². The first kappa shape index (κ1) is 15.4. The lowest BCUT2D eigenvalue weighted by molar-refractivity contribution is 0.240. The fourth-order valence-electron chi connectivity index (χ4n) is 2.20. The van der Waals surface area contributed by atoms with Crippen LogP contribution in [0.25, 0.3) is 0 Å². The van der Waals surface area contributed by atoms with Crippen LogP contribution in [0.1, 0.15) is 44.7 Å². The summed E-state index contributed by atoms with van der Waals surface area (Å²) in [5.41, 5.74) is 3.68. The maximum atomic E-state index is 5.84. The van der Waals surface area contributed by atoms with Crippen LogP contribution in [0.4, 0.5) is 5.69 Å². The van der Waals surface area contributed by atoms with Gasteiger partial charge in [0.15, 0.2) is 0 Å². The van der Waals surface area contributed by atoms with Crippen LogP contribution < -0.4 is 10.1 Å². The molecular formula is C19H25NO. The van der Waals surface area contributed by atoms with Crippen molar-refractivity contribution in [3.05, 3.63) is 59.7 Å². The molecule has 0 aromatic heterocycles. The molecule has 2 aromatic rings. The van der Waals surface area contributed by atoms with Crippen molar-refractivity contribution < 1.29 is 4.74 Å². The van der Waals surface area contributed by atoms with E-state index in [4.69, 9.17) is 4.74 Å². The van der Waals surface area contributed by atoms with Gasteiger partial charge in [-0.3, -0.25) is 0 Å². The molecule has 21 heavy (non-hydrogen) atoms. The van der Waals surface area contributed by atoms with E-state index in [1.807, 2.05) is 18.2 Å². The lowest BCUT2D eigenvalue weighted by atomic mass is 10.0. The first-order valence-electron chi connectivity index (χ1n) is 7.64. The molecule has 2 rings (SSSR count). The van der Waals surface area contributed by atoms with Gasteiger partial charge in [-0.1, -0.05) is 44.2 Å². The molecule has 0 saturated carbocycles. The lowest BCUT2D eigenvalue weighted by Crippen LogP contribution is -2.09. The van der Waals surface area contributed by atoms with Gasteiger partial charge in [-0.2, -0.15) is 0 Å². The fourth-order valence-corrected chi connectivity index (χ4v) is 2.20. The summed E-state index contributed by atoms with van der Waals surface area (Å²) >= 11 is 0. The van der Waals surface area contributed by atoms with E-state index in [0.717, 1.165) is 18.0 Å². The molecule has 2 aromatic carbocycles. The highest BCUT2D eigenvalue weighted by molar-refractivity contribution is 5.47. The fraction of sp³-hybridized carbons (Fsp3) is 0.368. The SMILES string of the molecule is CC(C)Oc1ccccc1CNc1ccc(C(C)C)cc1. The molecule has 2 heteroatoms. The quantitative estimate of drug-likeness (QED) is 0.785. The number of ether oxygens (including phenoxy) is 1. The van der Waals surface area contributed by atoms with Crippen molar-refractivity contribution in [3.8, 4) is 5.75 Å². The van der Waals surface area contributed by atoms with Gasteiger partial charge in [-0.05, 0) is 43.5 Å². The molecule has 0 bridgehead atoms. The van der Waals surface area contributed by atoms with Crippen LogP contribution >= 0.6 is 0 Å². The van der Waals surface area contributed by atoms with Crippen LogP contribution in [-0.2, 0) is 6.54 Å². The molecule has 0 amide bonds. The van der Waals surface area contributed by atoms with E-state index >= 15 is 0 Å². The Balaban J connectivity index is 2.02. The molecule has 0 radical (unpaired) electrons. The molecule has 112 valence electrons. The van der Waals surface area contributed by atoms with Crippen molar-refractivity contribution >= 4 is 5.69 Å². The second-order valence-corrected chi connectivity index (χ2v) is 5.90. The van der Waals surface area contributed by atoms with Gasteiger partial charge in [-0.25, -0.2) is 0 Å². The van der Waals surface area contributed by atoms with Crippen LogP contribution in [0.15, 0.2) is 48.5 Å². The Labute approximate surface area is 128 Å².